The normalized spacial score (nSPS) is 12.0. The molecular formula is C12H19ClN4O2. The van der Waals surface area contributed by atoms with Crippen LogP contribution >= 0.6 is 11.6 Å². The second kappa shape index (κ2) is 7.91. The molecule has 0 saturated carbocycles. The maximum Gasteiger partial charge on any atom is 0.242 e. The molecule has 0 aliphatic heterocycles. The molecule has 1 unspecified atom stereocenters. The van der Waals surface area contributed by atoms with Gasteiger partial charge in [0.1, 0.15) is 23.3 Å². The van der Waals surface area contributed by atoms with Crippen molar-refractivity contribution in [1.29, 1.82) is 0 Å². The fraction of sp³-hybridized carbons (Fsp3) is 0.583. The number of ether oxygens (including phenoxy) is 1. The van der Waals surface area contributed by atoms with E-state index in [2.05, 4.69) is 20.6 Å². The van der Waals surface area contributed by atoms with Gasteiger partial charge in [0.2, 0.25) is 5.91 Å². The Morgan fingerprint density at radius 2 is 2.26 bits per heavy atom. The van der Waals surface area contributed by atoms with E-state index >= 15 is 0 Å². The number of hydrogen-bond acceptors (Lipinski definition) is 5. The van der Waals surface area contributed by atoms with Crippen molar-refractivity contribution in [2.45, 2.75) is 26.3 Å². The van der Waals surface area contributed by atoms with E-state index in [0.29, 0.717) is 30.5 Å². The van der Waals surface area contributed by atoms with Crippen LogP contribution in [0.4, 0.5) is 5.82 Å². The van der Waals surface area contributed by atoms with E-state index in [-0.39, 0.29) is 5.91 Å². The fourth-order valence-electron chi connectivity index (χ4n) is 1.53. The first kappa shape index (κ1) is 15.7. The second-order valence-electron chi connectivity index (χ2n) is 4.00. The lowest BCUT2D eigenvalue weighted by Gasteiger charge is -2.16. The quantitative estimate of drug-likeness (QED) is 0.583. The van der Waals surface area contributed by atoms with E-state index in [0.717, 1.165) is 5.56 Å². The van der Waals surface area contributed by atoms with Gasteiger partial charge >= 0.3 is 0 Å². The average Bonchev–Trinajstić information content (AvgIpc) is 2.39. The van der Waals surface area contributed by atoms with Gasteiger partial charge in [-0.3, -0.25) is 4.79 Å². The van der Waals surface area contributed by atoms with Gasteiger partial charge in [0, 0.05) is 19.2 Å². The van der Waals surface area contributed by atoms with Gasteiger partial charge in [-0.05, 0) is 13.3 Å². The van der Waals surface area contributed by atoms with Crippen LogP contribution < -0.4 is 10.6 Å². The van der Waals surface area contributed by atoms with Crippen LogP contribution in [0.15, 0.2) is 6.33 Å². The predicted octanol–water partition coefficient (Wildman–Crippen LogP) is 1.26. The molecule has 19 heavy (non-hydrogen) atoms. The van der Waals surface area contributed by atoms with Crippen molar-refractivity contribution in [3.8, 4) is 0 Å². The molecule has 1 atom stereocenters. The first-order valence-corrected chi connectivity index (χ1v) is 6.50. The number of hydrogen-bond donors (Lipinski definition) is 2. The Hall–Kier alpha value is -1.40. The van der Waals surface area contributed by atoms with Gasteiger partial charge in [0.05, 0.1) is 6.61 Å². The lowest BCUT2D eigenvalue weighted by atomic mass is 10.2. The minimum absolute atomic E-state index is 0.117. The van der Waals surface area contributed by atoms with E-state index in [1.54, 1.807) is 14.0 Å². The van der Waals surface area contributed by atoms with Crippen LogP contribution in [-0.4, -0.2) is 42.2 Å². The Morgan fingerprint density at radius 3 is 2.89 bits per heavy atom. The molecule has 0 aliphatic carbocycles. The Morgan fingerprint density at radius 1 is 1.53 bits per heavy atom. The molecule has 1 amide bonds. The molecule has 0 aromatic carbocycles. The fourth-order valence-corrected chi connectivity index (χ4v) is 1.80. The number of nitrogens with one attached hydrogen (secondary N) is 2. The molecule has 1 heterocycles. The van der Waals surface area contributed by atoms with Gasteiger partial charge in [-0.25, -0.2) is 9.97 Å². The van der Waals surface area contributed by atoms with Crippen molar-refractivity contribution in [2.24, 2.45) is 0 Å². The van der Waals surface area contributed by atoms with Crippen molar-refractivity contribution in [3.05, 3.63) is 17.0 Å². The number of anilines is 1. The average molecular weight is 287 g/mol. The summed E-state index contributed by atoms with van der Waals surface area (Å²) in [4.78, 5) is 19.8. The Labute approximate surface area is 117 Å². The van der Waals surface area contributed by atoms with Gasteiger partial charge in [-0.1, -0.05) is 18.5 Å². The van der Waals surface area contributed by atoms with Crippen molar-refractivity contribution in [1.82, 2.24) is 15.3 Å². The van der Waals surface area contributed by atoms with E-state index in [1.807, 2.05) is 6.92 Å². The highest BCUT2D eigenvalue weighted by Gasteiger charge is 2.15. The lowest BCUT2D eigenvalue weighted by Crippen LogP contribution is -2.39. The van der Waals surface area contributed by atoms with Gasteiger partial charge in [0.25, 0.3) is 0 Å². The minimum atomic E-state index is -0.409. The molecule has 0 bridgehead atoms. The smallest absolute Gasteiger partial charge is 0.242 e. The van der Waals surface area contributed by atoms with Crippen LogP contribution in [0.2, 0.25) is 5.15 Å². The predicted molar refractivity (Wildman–Crippen MR) is 74.4 cm³/mol. The van der Waals surface area contributed by atoms with Crippen LogP contribution in [-0.2, 0) is 16.0 Å². The maximum atomic E-state index is 11.8. The van der Waals surface area contributed by atoms with Crippen molar-refractivity contribution in [3.63, 3.8) is 0 Å². The van der Waals surface area contributed by atoms with Crippen molar-refractivity contribution in [2.75, 3.05) is 25.6 Å². The van der Waals surface area contributed by atoms with E-state index in [4.69, 9.17) is 16.3 Å². The number of methoxy groups -OCH3 is 1. The lowest BCUT2D eigenvalue weighted by molar-refractivity contribution is -0.121. The van der Waals surface area contributed by atoms with Crippen LogP contribution in [0.25, 0.3) is 0 Å². The maximum absolute atomic E-state index is 11.8. The number of carbonyl (C=O) groups excluding carboxylic acids is 1. The molecule has 1 aromatic rings. The molecule has 106 valence electrons. The van der Waals surface area contributed by atoms with E-state index < -0.39 is 6.04 Å². The summed E-state index contributed by atoms with van der Waals surface area (Å²) in [6.07, 6.45) is 2.07. The largest absolute Gasteiger partial charge is 0.383 e. The zero-order valence-corrected chi connectivity index (χ0v) is 12.1. The number of amides is 1. The zero-order valence-electron chi connectivity index (χ0n) is 11.4. The highest BCUT2D eigenvalue weighted by Crippen LogP contribution is 2.20. The summed E-state index contributed by atoms with van der Waals surface area (Å²) in [6, 6.07) is -0.409. The molecule has 0 spiro atoms. The summed E-state index contributed by atoms with van der Waals surface area (Å²) < 4.78 is 4.87. The van der Waals surface area contributed by atoms with Gasteiger partial charge < -0.3 is 15.4 Å². The molecule has 0 fully saturated rings. The zero-order chi connectivity index (χ0) is 14.3. The second-order valence-corrected chi connectivity index (χ2v) is 4.35. The number of nitrogens with zero attached hydrogens (tertiary/aromatic N) is 2. The minimum Gasteiger partial charge on any atom is -0.383 e. The number of halogens is 1. The summed E-state index contributed by atoms with van der Waals surface area (Å²) in [5.74, 6) is 0.478. The van der Waals surface area contributed by atoms with Crippen LogP contribution in [0.3, 0.4) is 0 Å². The first-order chi connectivity index (χ1) is 9.10. The third kappa shape index (κ3) is 4.65. The van der Waals surface area contributed by atoms with Gasteiger partial charge in [0.15, 0.2) is 0 Å². The van der Waals surface area contributed by atoms with E-state index in [9.17, 15) is 4.79 Å². The Bertz CT molecular complexity index is 428. The molecule has 0 aliphatic rings. The summed E-state index contributed by atoms with van der Waals surface area (Å²) in [5.41, 5.74) is 0.806. The Kier molecular flexibility index (Phi) is 6.52. The Balaban J connectivity index is 2.63. The molecule has 1 rings (SSSR count). The molecule has 6 nitrogen and oxygen atoms in total. The highest BCUT2D eigenvalue weighted by atomic mass is 35.5. The first-order valence-electron chi connectivity index (χ1n) is 6.12. The standard InChI is InChI=1S/C12H19ClN4O2/c1-4-9-10(13)15-7-16-11(9)17-8(2)12(18)14-5-6-19-3/h7-8H,4-6H2,1-3H3,(H,14,18)(H,15,16,17). The number of rotatable bonds is 7. The molecule has 0 radical (unpaired) electrons. The molecule has 1 aromatic heterocycles. The molecule has 2 N–H and O–H groups in total. The number of carbonyl (C=O) groups is 1. The summed E-state index contributed by atoms with van der Waals surface area (Å²) >= 11 is 5.99. The third-order valence-electron chi connectivity index (χ3n) is 2.60. The van der Waals surface area contributed by atoms with Crippen LogP contribution in [0.5, 0.6) is 0 Å². The summed E-state index contributed by atoms with van der Waals surface area (Å²) in [7, 11) is 1.59. The van der Waals surface area contributed by atoms with E-state index in [1.165, 1.54) is 6.33 Å². The van der Waals surface area contributed by atoms with Crippen LogP contribution in [0.1, 0.15) is 19.4 Å². The summed E-state index contributed by atoms with van der Waals surface area (Å²) in [6.45, 7) is 4.68. The van der Waals surface area contributed by atoms with Gasteiger partial charge in [-0.2, -0.15) is 0 Å². The van der Waals surface area contributed by atoms with Crippen LogP contribution in [0, 0.1) is 0 Å². The van der Waals surface area contributed by atoms with Crippen molar-refractivity contribution >= 4 is 23.3 Å². The highest BCUT2D eigenvalue weighted by molar-refractivity contribution is 6.30. The monoisotopic (exact) mass is 286 g/mol. The SMILES string of the molecule is CCc1c(Cl)ncnc1NC(C)C(=O)NCCOC. The topological polar surface area (TPSA) is 76.1 Å². The molecule has 0 saturated heterocycles. The van der Waals surface area contributed by atoms with Crippen molar-refractivity contribution < 1.29 is 9.53 Å². The number of aromatic nitrogens is 2. The third-order valence-corrected chi connectivity index (χ3v) is 2.92. The molecular weight excluding hydrogens is 268 g/mol. The van der Waals surface area contributed by atoms with Gasteiger partial charge in [-0.15, -0.1) is 0 Å². The summed E-state index contributed by atoms with van der Waals surface area (Å²) in [5, 5.41) is 6.20. The molecule has 7 heteroatoms.